The predicted molar refractivity (Wildman–Crippen MR) is 78.6 cm³/mol. The first-order chi connectivity index (χ1) is 10.2. The third kappa shape index (κ3) is 3.27. The third-order valence-electron chi connectivity index (χ3n) is 3.37. The van der Waals surface area contributed by atoms with E-state index >= 15 is 0 Å². The molecule has 0 spiro atoms. The lowest BCUT2D eigenvalue weighted by atomic mass is 10.0. The van der Waals surface area contributed by atoms with Gasteiger partial charge in [0.25, 0.3) is 5.95 Å². The molecule has 0 aromatic carbocycles. The Labute approximate surface area is 123 Å². The first-order valence-electron chi connectivity index (χ1n) is 7.06. The zero-order chi connectivity index (χ0) is 14.7. The van der Waals surface area contributed by atoms with Crippen molar-refractivity contribution in [3.05, 3.63) is 18.5 Å². The van der Waals surface area contributed by atoms with E-state index in [9.17, 15) is 0 Å². The van der Waals surface area contributed by atoms with Gasteiger partial charge in [0, 0.05) is 32.1 Å². The zero-order valence-electron chi connectivity index (χ0n) is 12.2. The minimum Gasteiger partial charge on any atom is -0.378 e. The Kier molecular flexibility index (Phi) is 3.96. The van der Waals surface area contributed by atoms with Gasteiger partial charge >= 0.3 is 0 Å². The van der Waals surface area contributed by atoms with Crippen LogP contribution >= 0.6 is 0 Å². The molecule has 1 fully saturated rings. The zero-order valence-corrected chi connectivity index (χ0v) is 12.2. The summed E-state index contributed by atoms with van der Waals surface area (Å²) in [5.74, 6) is 1.55. The van der Waals surface area contributed by atoms with Gasteiger partial charge in [-0.2, -0.15) is 20.1 Å². The smallest absolute Gasteiger partial charge is 0.257 e. The Balaban J connectivity index is 1.82. The third-order valence-corrected chi connectivity index (χ3v) is 3.37. The molecule has 1 saturated heterocycles. The number of nitrogens with zero attached hydrogens (tertiary/aromatic N) is 5. The summed E-state index contributed by atoms with van der Waals surface area (Å²) in [5, 5.41) is 10.5. The van der Waals surface area contributed by atoms with Crippen molar-refractivity contribution >= 4 is 11.9 Å². The Bertz CT molecular complexity index is 586. The first-order valence-corrected chi connectivity index (χ1v) is 7.06. The average Bonchev–Trinajstić information content (AvgIpc) is 3.01. The van der Waals surface area contributed by atoms with Gasteiger partial charge in [-0.05, 0) is 25.8 Å². The van der Waals surface area contributed by atoms with Crippen LogP contribution in [0.5, 0.6) is 0 Å². The van der Waals surface area contributed by atoms with E-state index in [1.54, 1.807) is 24.1 Å². The van der Waals surface area contributed by atoms with Crippen molar-refractivity contribution in [2.45, 2.75) is 31.9 Å². The predicted octanol–water partition coefficient (Wildman–Crippen LogP) is 1.08. The van der Waals surface area contributed by atoms with Crippen LogP contribution in [-0.2, 0) is 4.74 Å². The highest BCUT2D eigenvalue weighted by molar-refractivity contribution is 5.38. The largest absolute Gasteiger partial charge is 0.378 e. The number of hydrogen-bond acceptors (Lipinski definition) is 7. The summed E-state index contributed by atoms with van der Waals surface area (Å²) in [6.07, 6.45) is 5.64. The van der Waals surface area contributed by atoms with Gasteiger partial charge in [-0.3, -0.25) is 0 Å². The van der Waals surface area contributed by atoms with E-state index < -0.39 is 0 Å². The molecule has 8 heteroatoms. The van der Waals surface area contributed by atoms with E-state index in [0.29, 0.717) is 23.9 Å². The second-order valence-electron chi connectivity index (χ2n) is 5.03. The van der Waals surface area contributed by atoms with E-state index in [0.717, 1.165) is 19.4 Å². The van der Waals surface area contributed by atoms with Crippen molar-refractivity contribution in [2.75, 3.05) is 24.3 Å². The van der Waals surface area contributed by atoms with Crippen molar-refractivity contribution in [3.63, 3.8) is 0 Å². The van der Waals surface area contributed by atoms with Gasteiger partial charge < -0.3 is 15.4 Å². The summed E-state index contributed by atoms with van der Waals surface area (Å²) in [4.78, 5) is 13.1. The van der Waals surface area contributed by atoms with Crippen molar-refractivity contribution in [2.24, 2.45) is 0 Å². The van der Waals surface area contributed by atoms with Crippen LogP contribution in [0.2, 0.25) is 0 Å². The number of ether oxygens (including phenoxy) is 1. The molecule has 1 aliphatic heterocycles. The fourth-order valence-electron chi connectivity index (χ4n) is 2.34. The molecule has 0 bridgehead atoms. The van der Waals surface area contributed by atoms with E-state index in [1.165, 1.54) is 0 Å². The Morgan fingerprint density at radius 1 is 1.29 bits per heavy atom. The second-order valence-corrected chi connectivity index (χ2v) is 5.03. The molecular weight excluding hydrogens is 270 g/mol. The lowest BCUT2D eigenvalue weighted by molar-refractivity contribution is 0.0231. The normalized spacial score (nSPS) is 22.0. The Morgan fingerprint density at radius 2 is 2.14 bits per heavy atom. The molecule has 2 aromatic rings. The molecule has 21 heavy (non-hydrogen) atoms. The lowest BCUT2D eigenvalue weighted by Crippen LogP contribution is -2.33. The molecule has 2 unspecified atom stereocenters. The SMILES string of the molecule is CNc1nc(NC2CCOC(C)C2)nc(-n2cccn2)n1. The van der Waals surface area contributed by atoms with Crippen LogP contribution < -0.4 is 10.6 Å². The van der Waals surface area contributed by atoms with Gasteiger partial charge in [0.1, 0.15) is 0 Å². The monoisotopic (exact) mass is 289 g/mol. The van der Waals surface area contributed by atoms with E-state index in [-0.39, 0.29) is 6.10 Å². The number of nitrogens with one attached hydrogen (secondary N) is 2. The van der Waals surface area contributed by atoms with E-state index in [2.05, 4.69) is 37.6 Å². The molecule has 0 radical (unpaired) electrons. The van der Waals surface area contributed by atoms with Crippen LogP contribution in [0, 0.1) is 0 Å². The van der Waals surface area contributed by atoms with E-state index in [4.69, 9.17) is 4.74 Å². The minimum atomic E-state index is 0.257. The minimum absolute atomic E-state index is 0.257. The molecule has 0 saturated carbocycles. The van der Waals surface area contributed by atoms with Crippen molar-refractivity contribution in [3.8, 4) is 5.95 Å². The Morgan fingerprint density at radius 3 is 2.86 bits per heavy atom. The molecule has 8 nitrogen and oxygen atoms in total. The molecule has 2 atom stereocenters. The van der Waals surface area contributed by atoms with Crippen LogP contribution in [0.4, 0.5) is 11.9 Å². The number of anilines is 2. The van der Waals surface area contributed by atoms with Gasteiger partial charge in [-0.25, -0.2) is 4.68 Å². The van der Waals surface area contributed by atoms with E-state index in [1.807, 2.05) is 6.07 Å². The standard InChI is InChI=1S/C13H19N7O/c1-9-8-10(4-7-21-9)16-12-17-11(14-2)18-13(19-12)20-6-3-5-15-20/h3,5-6,9-10H,4,7-8H2,1-2H3,(H2,14,16,17,18,19). The van der Waals surface area contributed by atoms with Crippen molar-refractivity contribution in [1.82, 2.24) is 24.7 Å². The summed E-state index contributed by atoms with van der Waals surface area (Å²) in [6.45, 7) is 2.84. The average molecular weight is 289 g/mol. The molecule has 3 heterocycles. The van der Waals surface area contributed by atoms with Gasteiger partial charge in [0.15, 0.2) is 0 Å². The highest BCUT2D eigenvalue weighted by Crippen LogP contribution is 2.17. The molecule has 2 N–H and O–H groups in total. The summed E-state index contributed by atoms with van der Waals surface area (Å²) in [7, 11) is 1.78. The number of rotatable bonds is 4. The summed E-state index contributed by atoms with van der Waals surface area (Å²) < 4.78 is 7.17. The maximum Gasteiger partial charge on any atom is 0.257 e. The fourth-order valence-corrected chi connectivity index (χ4v) is 2.34. The molecule has 0 aliphatic carbocycles. The maximum absolute atomic E-state index is 5.55. The van der Waals surface area contributed by atoms with Gasteiger partial charge in [-0.15, -0.1) is 0 Å². The summed E-state index contributed by atoms with van der Waals surface area (Å²) in [6, 6.07) is 2.14. The fraction of sp³-hybridized carbons (Fsp3) is 0.538. The molecular formula is C13H19N7O. The maximum atomic E-state index is 5.55. The van der Waals surface area contributed by atoms with Crippen LogP contribution in [0.15, 0.2) is 18.5 Å². The molecule has 2 aromatic heterocycles. The van der Waals surface area contributed by atoms with Crippen LogP contribution in [0.1, 0.15) is 19.8 Å². The molecule has 1 aliphatic rings. The molecule has 0 amide bonds. The summed E-state index contributed by atoms with van der Waals surface area (Å²) in [5.41, 5.74) is 0. The van der Waals surface area contributed by atoms with Crippen LogP contribution in [-0.4, -0.2) is 50.5 Å². The first kappa shape index (κ1) is 13.7. The number of hydrogen-bond donors (Lipinski definition) is 2. The number of aromatic nitrogens is 5. The van der Waals surface area contributed by atoms with Gasteiger partial charge in [0.05, 0.1) is 6.10 Å². The quantitative estimate of drug-likeness (QED) is 0.870. The topological polar surface area (TPSA) is 89.8 Å². The van der Waals surface area contributed by atoms with Crippen LogP contribution in [0.25, 0.3) is 5.95 Å². The Hall–Kier alpha value is -2.22. The molecule has 3 rings (SSSR count). The lowest BCUT2D eigenvalue weighted by Gasteiger charge is -2.27. The highest BCUT2D eigenvalue weighted by atomic mass is 16.5. The van der Waals surface area contributed by atoms with Gasteiger partial charge in [-0.1, -0.05) is 0 Å². The van der Waals surface area contributed by atoms with Crippen molar-refractivity contribution in [1.29, 1.82) is 0 Å². The molecule has 112 valence electrons. The van der Waals surface area contributed by atoms with Crippen molar-refractivity contribution < 1.29 is 4.74 Å². The second kappa shape index (κ2) is 6.04. The summed E-state index contributed by atoms with van der Waals surface area (Å²) >= 11 is 0. The van der Waals surface area contributed by atoms with Gasteiger partial charge in [0.2, 0.25) is 11.9 Å². The highest BCUT2D eigenvalue weighted by Gasteiger charge is 2.20. The van der Waals surface area contributed by atoms with Crippen LogP contribution in [0.3, 0.4) is 0 Å².